The Morgan fingerprint density at radius 1 is 0.932 bits per heavy atom. The van der Waals surface area contributed by atoms with E-state index in [-0.39, 0.29) is 23.6 Å². The van der Waals surface area contributed by atoms with Crippen LogP contribution >= 0.6 is 0 Å². The lowest BCUT2D eigenvalue weighted by Crippen LogP contribution is -2.55. The summed E-state index contributed by atoms with van der Waals surface area (Å²) in [5.41, 5.74) is 8.96. The number of para-hydroxylation sites is 2. The van der Waals surface area contributed by atoms with Crippen molar-refractivity contribution < 1.29 is 18.8 Å². The van der Waals surface area contributed by atoms with Crippen molar-refractivity contribution in [3.8, 4) is 0 Å². The van der Waals surface area contributed by atoms with Crippen LogP contribution in [0.2, 0.25) is 0 Å². The maximum atomic E-state index is 14.2. The first-order valence-corrected chi connectivity index (χ1v) is 15.5. The summed E-state index contributed by atoms with van der Waals surface area (Å²) in [4.78, 5) is 48.0. The molecule has 230 valence electrons. The highest BCUT2D eigenvalue weighted by Gasteiger charge is 2.45. The molecule has 0 spiro atoms. The number of carbonyl (C=O) groups is 3. The maximum absolute atomic E-state index is 14.2. The largest absolute Gasteiger partial charge is 0.434 e. The molecule has 5 rings (SSSR count). The molecule has 0 saturated carbocycles. The first kappa shape index (κ1) is 31.1. The van der Waals surface area contributed by atoms with Crippen molar-refractivity contribution in [3.05, 3.63) is 102 Å². The zero-order valence-corrected chi connectivity index (χ0v) is 25.2. The highest BCUT2D eigenvalue weighted by atomic mass is 16.4. The van der Waals surface area contributed by atoms with Crippen LogP contribution in [0, 0.1) is 0 Å². The summed E-state index contributed by atoms with van der Waals surface area (Å²) in [5.74, 6) is -1.12. The van der Waals surface area contributed by atoms with Gasteiger partial charge in [0.25, 0.3) is 5.89 Å². The van der Waals surface area contributed by atoms with Crippen molar-refractivity contribution in [2.45, 2.75) is 62.6 Å². The molecule has 0 bridgehead atoms. The van der Waals surface area contributed by atoms with Gasteiger partial charge in [0, 0.05) is 12.5 Å². The van der Waals surface area contributed by atoms with Gasteiger partial charge in [-0.3, -0.25) is 14.4 Å². The minimum atomic E-state index is -0.866. The Morgan fingerprint density at radius 2 is 1.64 bits per heavy atom. The average Bonchev–Trinajstić information content (AvgIpc) is 3.70. The van der Waals surface area contributed by atoms with Crippen molar-refractivity contribution in [2.24, 2.45) is 5.73 Å². The van der Waals surface area contributed by atoms with Gasteiger partial charge in [0.05, 0.1) is 12.1 Å². The molecule has 1 fully saturated rings. The Bertz CT molecular complexity index is 1510. The number of oxazole rings is 1. The number of likely N-dealkylation sites (tertiary alicyclic amines) is 1. The molecule has 9 nitrogen and oxygen atoms in total. The second-order valence-corrected chi connectivity index (χ2v) is 11.3. The number of unbranched alkanes of at least 4 members (excludes halogenated alkanes) is 1. The molecule has 1 aliphatic heterocycles. The van der Waals surface area contributed by atoms with Crippen LogP contribution in [0.25, 0.3) is 11.1 Å². The third kappa shape index (κ3) is 7.23. The van der Waals surface area contributed by atoms with Gasteiger partial charge in [0.2, 0.25) is 17.6 Å². The van der Waals surface area contributed by atoms with Gasteiger partial charge in [-0.1, -0.05) is 72.8 Å². The van der Waals surface area contributed by atoms with Crippen molar-refractivity contribution >= 4 is 28.7 Å². The topological polar surface area (TPSA) is 131 Å². The van der Waals surface area contributed by atoms with Gasteiger partial charge < -0.3 is 25.7 Å². The number of aryl methyl sites for hydroxylation is 1. The van der Waals surface area contributed by atoms with Gasteiger partial charge in [-0.25, -0.2) is 4.98 Å². The fourth-order valence-corrected chi connectivity index (χ4v) is 6.11. The van der Waals surface area contributed by atoms with Gasteiger partial charge in [-0.2, -0.15) is 0 Å². The number of hydrogen-bond acceptors (Lipinski definition) is 7. The Hall–Kier alpha value is -4.34. The molecule has 4 aromatic rings. The number of ketones is 1. The van der Waals surface area contributed by atoms with E-state index in [1.54, 1.807) is 24.1 Å². The van der Waals surface area contributed by atoms with E-state index < -0.39 is 23.9 Å². The van der Waals surface area contributed by atoms with Crippen LogP contribution in [-0.2, 0) is 16.0 Å². The second-order valence-electron chi connectivity index (χ2n) is 11.3. The number of nitrogens with two attached hydrogens (primary N) is 1. The monoisotopic (exact) mass is 595 g/mol. The molecular formula is C35H41N5O4. The van der Waals surface area contributed by atoms with Crippen LogP contribution < -0.4 is 16.4 Å². The molecule has 1 saturated heterocycles. The summed E-state index contributed by atoms with van der Waals surface area (Å²) in [6, 6.07) is 24.9. The molecule has 2 heterocycles. The highest BCUT2D eigenvalue weighted by molar-refractivity contribution is 6.01. The molecular weight excluding hydrogens is 554 g/mol. The predicted molar refractivity (Wildman–Crippen MR) is 170 cm³/mol. The number of nitrogens with one attached hydrogen (secondary N) is 2. The lowest BCUT2D eigenvalue weighted by atomic mass is 9.90. The Morgan fingerprint density at radius 3 is 2.34 bits per heavy atom. The SMILES string of the molecule is CN[C@H](CCc1ccccc1)C(=O)N1CC[C@H](c2ccccc2)[C@H]1C(=O)N[C@@H](CCCCN)C(=O)c1nc2ccccc2o1. The fraction of sp³-hybridized carbons (Fsp3) is 0.371. The molecule has 0 aliphatic carbocycles. The van der Waals surface area contributed by atoms with E-state index in [9.17, 15) is 14.4 Å². The van der Waals surface area contributed by atoms with Crippen molar-refractivity contribution in [3.63, 3.8) is 0 Å². The van der Waals surface area contributed by atoms with E-state index in [2.05, 4.69) is 15.6 Å². The summed E-state index contributed by atoms with van der Waals surface area (Å²) < 4.78 is 5.77. The van der Waals surface area contributed by atoms with Gasteiger partial charge in [0.15, 0.2) is 5.58 Å². The Kier molecular flexibility index (Phi) is 10.5. The van der Waals surface area contributed by atoms with Gasteiger partial charge >= 0.3 is 0 Å². The average molecular weight is 596 g/mol. The first-order chi connectivity index (χ1) is 21.5. The lowest BCUT2D eigenvalue weighted by molar-refractivity contribution is -0.140. The number of rotatable bonds is 14. The Labute approximate surface area is 258 Å². The van der Waals surface area contributed by atoms with E-state index in [1.807, 2.05) is 72.8 Å². The number of Topliss-reactive ketones (excluding diaryl/α,β-unsaturated/α-hetero) is 1. The quantitative estimate of drug-likeness (QED) is 0.147. The number of aromatic nitrogens is 1. The molecule has 4 atom stereocenters. The standard InChI is InChI=1S/C35H41N5O4/c1-37-29(20-19-24-12-4-2-5-13-24)35(43)40-23-21-26(25-14-6-3-7-15-25)31(40)33(42)38-28(17-10-11-22-36)32(41)34-39-27-16-8-9-18-30(27)44-34/h2-9,12-16,18,26,28-29,31,37H,10-11,17,19-23,36H2,1H3,(H,38,42)/t26-,28+,29-,31+/m1/s1. The van der Waals surface area contributed by atoms with Crippen molar-refractivity contribution in [1.82, 2.24) is 20.5 Å². The number of carbonyl (C=O) groups excluding carboxylic acids is 3. The van der Waals surface area contributed by atoms with Crippen LogP contribution in [0.5, 0.6) is 0 Å². The molecule has 9 heteroatoms. The van der Waals surface area contributed by atoms with Gasteiger partial charge in [-0.15, -0.1) is 0 Å². The smallest absolute Gasteiger partial charge is 0.266 e. The zero-order chi connectivity index (χ0) is 30.9. The molecule has 1 aromatic heterocycles. The first-order valence-electron chi connectivity index (χ1n) is 15.5. The number of fused-ring (bicyclic) bond motifs is 1. The number of amides is 2. The van der Waals surface area contributed by atoms with Crippen molar-refractivity contribution in [2.75, 3.05) is 20.1 Å². The molecule has 44 heavy (non-hydrogen) atoms. The van der Waals surface area contributed by atoms with Crippen molar-refractivity contribution in [1.29, 1.82) is 0 Å². The van der Waals surface area contributed by atoms with E-state index in [0.29, 0.717) is 56.3 Å². The molecule has 4 N–H and O–H groups in total. The normalized spacial score (nSPS) is 17.8. The second kappa shape index (κ2) is 14.9. The summed E-state index contributed by atoms with van der Waals surface area (Å²) in [5, 5.41) is 6.20. The highest BCUT2D eigenvalue weighted by Crippen LogP contribution is 2.34. The van der Waals surface area contributed by atoms with Crippen LogP contribution in [0.3, 0.4) is 0 Å². The van der Waals surface area contributed by atoms with Crippen LogP contribution in [0.4, 0.5) is 0 Å². The lowest BCUT2D eigenvalue weighted by Gasteiger charge is -2.31. The number of nitrogens with zero attached hydrogens (tertiary/aromatic N) is 2. The summed E-state index contributed by atoms with van der Waals surface area (Å²) in [6.07, 6.45) is 3.70. The zero-order valence-electron chi connectivity index (χ0n) is 25.2. The molecule has 0 unspecified atom stereocenters. The summed E-state index contributed by atoms with van der Waals surface area (Å²) in [7, 11) is 1.78. The van der Waals surface area contributed by atoms with Gasteiger partial charge in [0.1, 0.15) is 11.6 Å². The summed E-state index contributed by atoms with van der Waals surface area (Å²) in [6.45, 7) is 0.921. The molecule has 2 amide bonds. The van der Waals surface area contributed by atoms with Crippen LogP contribution in [0.1, 0.15) is 59.8 Å². The third-order valence-electron chi connectivity index (χ3n) is 8.47. The van der Waals surface area contributed by atoms with Crippen LogP contribution in [0.15, 0.2) is 89.3 Å². The van der Waals surface area contributed by atoms with Gasteiger partial charge in [-0.05, 0) is 75.4 Å². The minimum Gasteiger partial charge on any atom is -0.434 e. The molecule has 1 aliphatic rings. The number of benzene rings is 3. The molecule has 3 aromatic carbocycles. The minimum absolute atomic E-state index is 0.0422. The fourth-order valence-electron chi connectivity index (χ4n) is 6.11. The predicted octanol–water partition coefficient (Wildman–Crippen LogP) is 4.23. The Balaban J connectivity index is 1.39. The van der Waals surface area contributed by atoms with E-state index >= 15 is 0 Å². The maximum Gasteiger partial charge on any atom is 0.266 e. The number of likely N-dealkylation sites (N-methyl/N-ethyl adjacent to an activating group) is 1. The van der Waals surface area contributed by atoms with E-state index in [4.69, 9.17) is 10.2 Å². The number of hydrogen-bond donors (Lipinski definition) is 3. The third-order valence-corrected chi connectivity index (χ3v) is 8.47. The van der Waals surface area contributed by atoms with E-state index in [1.165, 1.54) is 0 Å². The summed E-state index contributed by atoms with van der Waals surface area (Å²) >= 11 is 0. The van der Waals surface area contributed by atoms with E-state index in [0.717, 1.165) is 17.5 Å². The van der Waals surface area contributed by atoms with Crippen LogP contribution in [-0.4, -0.2) is 65.7 Å². The molecule has 0 radical (unpaired) electrons.